The van der Waals surface area contributed by atoms with Gasteiger partial charge in [-0.1, -0.05) is 12.1 Å². The molecule has 6 nitrogen and oxygen atoms in total. The van der Waals surface area contributed by atoms with E-state index in [0.717, 1.165) is 19.1 Å². The number of carbonyl (C=O) groups excluding carboxylic acids is 1. The molecule has 3 rings (SSSR count). The molecule has 1 aromatic rings. The fourth-order valence-corrected chi connectivity index (χ4v) is 2.88. The van der Waals surface area contributed by atoms with Crippen molar-refractivity contribution in [1.82, 2.24) is 10.6 Å². The summed E-state index contributed by atoms with van der Waals surface area (Å²) in [5, 5.41) is 5.84. The van der Waals surface area contributed by atoms with Gasteiger partial charge in [0.05, 0.1) is 10.9 Å². The molecular weight excluding hydrogens is 290 g/mol. The number of benzene rings is 1. The van der Waals surface area contributed by atoms with E-state index in [2.05, 4.69) is 15.6 Å². The van der Waals surface area contributed by atoms with Crippen molar-refractivity contribution in [1.29, 1.82) is 0 Å². The number of carbonyl (C=O) groups is 1. The predicted molar refractivity (Wildman–Crippen MR) is 78.6 cm³/mol. The minimum absolute atomic E-state index is 0.186. The van der Waals surface area contributed by atoms with Gasteiger partial charge in [-0.25, -0.2) is 13.4 Å². The predicted octanol–water partition coefficient (Wildman–Crippen LogP) is 0.543. The van der Waals surface area contributed by atoms with Crippen LogP contribution in [0.5, 0.6) is 0 Å². The minimum atomic E-state index is -3.24. The number of rotatable bonds is 3. The van der Waals surface area contributed by atoms with Crippen molar-refractivity contribution in [3.63, 3.8) is 0 Å². The van der Waals surface area contributed by atoms with Crippen LogP contribution >= 0.6 is 0 Å². The molecule has 0 radical (unpaired) electrons. The Kier molecular flexibility index (Phi) is 3.05. The second-order valence-corrected chi connectivity index (χ2v) is 7.73. The average molecular weight is 307 g/mol. The Bertz CT molecular complexity index is 720. The molecule has 21 heavy (non-hydrogen) atoms. The van der Waals surface area contributed by atoms with Gasteiger partial charge in [0.25, 0.3) is 5.91 Å². The van der Waals surface area contributed by atoms with E-state index in [-0.39, 0.29) is 10.8 Å². The third-order valence-corrected chi connectivity index (χ3v) is 4.90. The van der Waals surface area contributed by atoms with Crippen LogP contribution in [-0.2, 0) is 20.2 Å². The molecule has 1 aliphatic heterocycles. The van der Waals surface area contributed by atoms with Crippen LogP contribution in [0.3, 0.4) is 0 Å². The average Bonchev–Trinajstić information content (AvgIpc) is 3.16. The third-order valence-electron chi connectivity index (χ3n) is 3.77. The highest BCUT2D eigenvalue weighted by atomic mass is 32.2. The molecular formula is C14H17N3O3S. The Labute approximate surface area is 123 Å². The van der Waals surface area contributed by atoms with Crippen LogP contribution in [0.2, 0.25) is 0 Å². The summed E-state index contributed by atoms with van der Waals surface area (Å²) in [6.07, 6.45) is 3.27. The first-order chi connectivity index (χ1) is 9.79. The van der Waals surface area contributed by atoms with Gasteiger partial charge in [-0.2, -0.15) is 0 Å². The van der Waals surface area contributed by atoms with E-state index in [1.807, 2.05) is 0 Å². The molecule has 2 fully saturated rings. The minimum Gasteiger partial charge on any atom is -0.338 e. The summed E-state index contributed by atoms with van der Waals surface area (Å²) < 4.78 is 23.0. The Morgan fingerprint density at radius 1 is 1.24 bits per heavy atom. The van der Waals surface area contributed by atoms with Crippen LogP contribution < -0.4 is 10.6 Å². The summed E-state index contributed by atoms with van der Waals surface area (Å²) in [7, 11) is -3.24. The van der Waals surface area contributed by atoms with Crippen LogP contribution in [0.1, 0.15) is 25.3 Å². The lowest BCUT2D eigenvalue weighted by Crippen LogP contribution is -2.40. The quantitative estimate of drug-likeness (QED) is 0.853. The van der Waals surface area contributed by atoms with Gasteiger partial charge in [-0.15, -0.1) is 0 Å². The molecule has 1 atom stereocenters. The van der Waals surface area contributed by atoms with Crippen molar-refractivity contribution in [2.75, 3.05) is 6.26 Å². The normalized spacial score (nSPS) is 27.5. The van der Waals surface area contributed by atoms with Crippen LogP contribution in [0.4, 0.5) is 0 Å². The lowest BCUT2D eigenvalue weighted by atomic mass is 9.92. The maximum absolute atomic E-state index is 12.2. The third kappa shape index (κ3) is 2.65. The van der Waals surface area contributed by atoms with Crippen molar-refractivity contribution < 1.29 is 13.2 Å². The number of nitrogens with zero attached hydrogens (tertiary/aromatic N) is 1. The fraction of sp³-hybridized carbons (Fsp3) is 0.429. The van der Waals surface area contributed by atoms with Gasteiger partial charge in [0.1, 0.15) is 5.54 Å². The van der Waals surface area contributed by atoms with Gasteiger partial charge < -0.3 is 5.32 Å². The monoisotopic (exact) mass is 307 g/mol. The lowest BCUT2D eigenvalue weighted by Gasteiger charge is -2.21. The Morgan fingerprint density at radius 2 is 1.86 bits per heavy atom. The van der Waals surface area contributed by atoms with Crippen LogP contribution in [0.15, 0.2) is 34.2 Å². The summed E-state index contributed by atoms with van der Waals surface area (Å²) in [5.74, 6) is 0.311. The molecule has 2 N–H and O–H groups in total. The number of nitrogens with one attached hydrogen (secondary N) is 2. The number of hydrogen-bond acceptors (Lipinski definition) is 4. The van der Waals surface area contributed by atoms with Crippen molar-refractivity contribution in [2.24, 2.45) is 4.99 Å². The smallest absolute Gasteiger partial charge is 0.256 e. The first kappa shape index (κ1) is 14.1. The summed E-state index contributed by atoms with van der Waals surface area (Å²) in [6.45, 7) is 1.76. The molecule has 1 unspecified atom stereocenters. The molecule has 1 aromatic carbocycles. The number of hydrogen-bond donors (Lipinski definition) is 2. The molecule has 0 spiro atoms. The molecule has 0 bridgehead atoms. The SMILES string of the molecule is CC1(c2ccc(S(C)(=O)=O)cc2)NC(=NC2CC2)NC1=O. The summed E-state index contributed by atoms with van der Waals surface area (Å²) in [6, 6.07) is 6.65. The molecule has 1 saturated carbocycles. The van der Waals surface area contributed by atoms with E-state index in [9.17, 15) is 13.2 Å². The highest BCUT2D eigenvalue weighted by molar-refractivity contribution is 7.90. The number of aliphatic imine (C=N–C) groups is 1. The zero-order valence-corrected chi connectivity index (χ0v) is 12.7. The van der Waals surface area contributed by atoms with Gasteiger partial charge in [-0.3, -0.25) is 10.1 Å². The molecule has 1 heterocycles. The van der Waals surface area contributed by atoms with Gasteiger partial charge >= 0.3 is 0 Å². The van der Waals surface area contributed by atoms with Crippen molar-refractivity contribution in [3.8, 4) is 0 Å². The van der Waals surface area contributed by atoms with E-state index in [0.29, 0.717) is 17.6 Å². The number of guanidine groups is 1. The molecule has 7 heteroatoms. The number of sulfone groups is 1. The van der Waals surface area contributed by atoms with E-state index >= 15 is 0 Å². The second-order valence-electron chi connectivity index (χ2n) is 5.71. The number of amides is 1. The van der Waals surface area contributed by atoms with Crippen LogP contribution in [0.25, 0.3) is 0 Å². The first-order valence-corrected chi connectivity index (χ1v) is 8.66. The maximum atomic E-state index is 12.2. The molecule has 112 valence electrons. The van der Waals surface area contributed by atoms with E-state index < -0.39 is 15.4 Å². The molecule has 2 aliphatic rings. The summed E-state index contributed by atoms with van der Waals surface area (Å²) in [4.78, 5) is 16.8. The zero-order chi connectivity index (χ0) is 15.3. The molecule has 1 saturated heterocycles. The van der Waals surface area contributed by atoms with E-state index in [4.69, 9.17) is 0 Å². The highest BCUT2D eigenvalue weighted by Gasteiger charge is 2.43. The molecule has 1 aliphatic carbocycles. The highest BCUT2D eigenvalue weighted by Crippen LogP contribution is 2.28. The Morgan fingerprint density at radius 3 is 2.38 bits per heavy atom. The second kappa shape index (κ2) is 4.56. The van der Waals surface area contributed by atoms with Crippen LogP contribution in [-0.4, -0.2) is 32.6 Å². The van der Waals surface area contributed by atoms with Gasteiger partial charge in [0.2, 0.25) is 0 Å². The van der Waals surface area contributed by atoms with E-state index in [1.165, 1.54) is 12.1 Å². The van der Waals surface area contributed by atoms with Gasteiger partial charge in [0, 0.05) is 6.26 Å². The zero-order valence-electron chi connectivity index (χ0n) is 11.9. The van der Waals surface area contributed by atoms with Gasteiger partial charge in [0.15, 0.2) is 15.8 Å². The van der Waals surface area contributed by atoms with Crippen molar-refractivity contribution in [2.45, 2.75) is 36.2 Å². The standard InChI is InChI=1S/C14H17N3O3S/c1-14(9-3-7-11(8-4-9)21(2,19)20)12(18)16-13(17-14)15-10-5-6-10/h3-4,7-8,10H,5-6H2,1-2H3,(H2,15,16,17,18). The topological polar surface area (TPSA) is 87.6 Å². The van der Waals surface area contributed by atoms with Crippen LogP contribution in [0, 0.1) is 0 Å². The summed E-state index contributed by atoms with van der Waals surface area (Å²) >= 11 is 0. The molecule has 1 amide bonds. The molecule has 0 aromatic heterocycles. The van der Waals surface area contributed by atoms with E-state index in [1.54, 1.807) is 19.1 Å². The fourth-order valence-electron chi connectivity index (χ4n) is 2.25. The Hall–Kier alpha value is -1.89. The lowest BCUT2D eigenvalue weighted by molar-refractivity contribution is -0.123. The summed E-state index contributed by atoms with van der Waals surface area (Å²) in [5.41, 5.74) is -0.225. The maximum Gasteiger partial charge on any atom is 0.256 e. The Balaban J connectivity index is 1.90. The largest absolute Gasteiger partial charge is 0.338 e. The van der Waals surface area contributed by atoms with Gasteiger partial charge in [-0.05, 0) is 37.5 Å². The first-order valence-electron chi connectivity index (χ1n) is 6.77. The van der Waals surface area contributed by atoms with Crippen molar-refractivity contribution >= 4 is 21.7 Å². The van der Waals surface area contributed by atoms with Crippen molar-refractivity contribution in [3.05, 3.63) is 29.8 Å².